The van der Waals surface area contributed by atoms with Gasteiger partial charge in [-0.2, -0.15) is 0 Å². The van der Waals surface area contributed by atoms with Crippen molar-refractivity contribution in [1.29, 1.82) is 0 Å². The first-order valence-corrected chi connectivity index (χ1v) is 15.1. The molecule has 0 saturated carbocycles. The fourth-order valence-electron chi connectivity index (χ4n) is 5.15. The van der Waals surface area contributed by atoms with E-state index in [-0.39, 0.29) is 19.5 Å². The predicted molar refractivity (Wildman–Crippen MR) is 191 cm³/mol. The van der Waals surface area contributed by atoms with Crippen LogP contribution < -0.4 is 0 Å². The number of hydrogen-bond donors (Lipinski definition) is 0. The summed E-state index contributed by atoms with van der Waals surface area (Å²) in [5, 5.41) is 1.90. The van der Waals surface area contributed by atoms with Gasteiger partial charge in [0.05, 0.1) is 55.9 Å². The molecule has 0 spiro atoms. The molecule has 9 aromatic rings. The minimum atomic E-state index is 0. The summed E-state index contributed by atoms with van der Waals surface area (Å²) >= 11 is 0. The molecule has 0 radical (unpaired) electrons. The molecule has 9 rings (SSSR count). The number of terminal acetylenes is 1. The Morgan fingerprint density at radius 1 is 0.388 bits per heavy atom. The standard InChI is InChI=1S/C20H10N4.2C10H8N2.Ru/c1-2-12-7-8-15-16(11-12)24-20-14-6-4-10-22-18(14)17-13(19(20)23-15)5-3-9-21-17;2*1-3-7-11-9(5-1)10-6-2-4-8-12-10;/h1,3-11H;2*1-8H;. The maximum atomic E-state index is 5.50. The Bertz CT molecular complexity index is 2360. The van der Waals surface area contributed by atoms with Crippen LogP contribution in [0.4, 0.5) is 0 Å². The molecule has 0 aliphatic heterocycles. The fourth-order valence-corrected chi connectivity index (χ4v) is 5.15. The number of fused-ring (bicyclic) bond motifs is 7. The summed E-state index contributed by atoms with van der Waals surface area (Å²) < 4.78 is 0. The monoisotopic (exact) mass is 720 g/mol. The molecule has 0 aliphatic rings. The average molecular weight is 720 g/mol. The van der Waals surface area contributed by atoms with Crippen molar-refractivity contribution in [2.75, 3.05) is 0 Å². The third kappa shape index (κ3) is 7.31. The Hall–Kier alpha value is -6.36. The molecule has 7 aromatic heterocycles. The quantitative estimate of drug-likeness (QED) is 0.0764. The SMILES string of the molecule is C#Cc1ccc2nc3c4cccnc4c4ncccc4c3nc2c1.[Ru].c1ccc(-c2ccccn2)nc1.c1ccc(-c2ccccn2)nc1. The van der Waals surface area contributed by atoms with Crippen LogP contribution in [0.2, 0.25) is 0 Å². The van der Waals surface area contributed by atoms with Crippen molar-refractivity contribution in [3.05, 3.63) is 158 Å². The van der Waals surface area contributed by atoms with Crippen molar-refractivity contribution in [3.8, 4) is 35.1 Å². The van der Waals surface area contributed by atoms with E-state index >= 15 is 0 Å². The van der Waals surface area contributed by atoms with Gasteiger partial charge in [-0.15, -0.1) is 6.42 Å². The Morgan fingerprint density at radius 2 is 0.796 bits per heavy atom. The average Bonchev–Trinajstić information content (AvgIpc) is 3.19. The van der Waals surface area contributed by atoms with Crippen molar-refractivity contribution >= 4 is 43.9 Å². The number of nitrogens with zero attached hydrogens (tertiary/aromatic N) is 8. The van der Waals surface area contributed by atoms with Gasteiger partial charge in [-0.25, -0.2) is 9.97 Å². The Labute approximate surface area is 295 Å². The van der Waals surface area contributed by atoms with Crippen molar-refractivity contribution in [2.45, 2.75) is 0 Å². The summed E-state index contributed by atoms with van der Waals surface area (Å²) in [5.41, 5.74) is 9.38. The minimum absolute atomic E-state index is 0. The van der Waals surface area contributed by atoms with Gasteiger partial charge < -0.3 is 0 Å². The molecular formula is C40H26N8Ru. The van der Waals surface area contributed by atoms with Crippen molar-refractivity contribution < 1.29 is 19.5 Å². The normalized spacial score (nSPS) is 10.3. The number of aromatic nitrogens is 8. The molecule has 0 unspecified atom stereocenters. The maximum Gasteiger partial charge on any atom is 0.0996 e. The molecule has 234 valence electrons. The Morgan fingerprint density at radius 3 is 1.18 bits per heavy atom. The van der Waals surface area contributed by atoms with Gasteiger partial charge in [0, 0.05) is 73.0 Å². The minimum Gasteiger partial charge on any atom is -0.255 e. The number of hydrogen-bond acceptors (Lipinski definition) is 8. The zero-order chi connectivity index (χ0) is 32.5. The maximum absolute atomic E-state index is 5.50. The van der Waals surface area contributed by atoms with Gasteiger partial charge in [0.1, 0.15) is 0 Å². The van der Waals surface area contributed by atoms with Gasteiger partial charge in [0.25, 0.3) is 0 Å². The first-order chi connectivity index (χ1) is 23.8. The number of benzene rings is 2. The van der Waals surface area contributed by atoms with Crippen LogP contribution in [0.3, 0.4) is 0 Å². The van der Waals surface area contributed by atoms with E-state index in [2.05, 4.69) is 35.8 Å². The third-order valence-corrected chi connectivity index (χ3v) is 7.37. The number of rotatable bonds is 2. The van der Waals surface area contributed by atoms with Crippen LogP contribution in [0.1, 0.15) is 5.56 Å². The van der Waals surface area contributed by atoms with Crippen LogP contribution in [-0.2, 0) is 19.5 Å². The molecule has 9 heteroatoms. The molecule has 0 amide bonds. The zero-order valence-electron chi connectivity index (χ0n) is 25.9. The molecule has 49 heavy (non-hydrogen) atoms. The summed E-state index contributed by atoms with van der Waals surface area (Å²) in [5.74, 6) is 2.64. The first kappa shape index (κ1) is 32.6. The van der Waals surface area contributed by atoms with Crippen molar-refractivity contribution in [2.24, 2.45) is 0 Å². The van der Waals surface area contributed by atoms with Gasteiger partial charge in [-0.3, -0.25) is 29.9 Å². The second-order valence-corrected chi connectivity index (χ2v) is 10.4. The molecule has 0 saturated heterocycles. The van der Waals surface area contributed by atoms with Crippen LogP contribution in [-0.4, -0.2) is 39.9 Å². The van der Waals surface area contributed by atoms with E-state index in [9.17, 15) is 0 Å². The van der Waals surface area contributed by atoms with Gasteiger partial charge in [0.15, 0.2) is 0 Å². The van der Waals surface area contributed by atoms with Crippen LogP contribution >= 0.6 is 0 Å². The molecule has 0 N–H and O–H groups in total. The predicted octanol–water partition coefficient (Wildman–Crippen LogP) is 8.15. The molecular weight excluding hydrogens is 694 g/mol. The fraction of sp³-hybridized carbons (Fsp3) is 0. The van der Waals surface area contributed by atoms with E-state index in [1.807, 2.05) is 115 Å². The first-order valence-electron chi connectivity index (χ1n) is 15.1. The van der Waals surface area contributed by atoms with Crippen LogP contribution in [0.15, 0.2) is 152 Å². The number of pyridine rings is 6. The largest absolute Gasteiger partial charge is 0.255 e. The summed E-state index contributed by atoms with van der Waals surface area (Å²) in [6, 6.07) is 36.7. The topological polar surface area (TPSA) is 103 Å². The molecule has 7 heterocycles. The van der Waals surface area contributed by atoms with Crippen LogP contribution in [0.25, 0.3) is 66.6 Å². The molecule has 8 nitrogen and oxygen atoms in total. The van der Waals surface area contributed by atoms with E-state index in [0.717, 1.165) is 72.2 Å². The van der Waals surface area contributed by atoms with Crippen LogP contribution in [0.5, 0.6) is 0 Å². The second kappa shape index (κ2) is 15.5. The smallest absolute Gasteiger partial charge is 0.0996 e. The van der Waals surface area contributed by atoms with Gasteiger partial charge in [-0.1, -0.05) is 30.2 Å². The summed E-state index contributed by atoms with van der Waals surface area (Å²) in [6.07, 6.45) is 16.1. The molecule has 0 aliphatic carbocycles. The summed E-state index contributed by atoms with van der Waals surface area (Å²) in [6.45, 7) is 0. The summed E-state index contributed by atoms with van der Waals surface area (Å²) in [4.78, 5) is 35.4. The van der Waals surface area contributed by atoms with E-state index in [0.29, 0.717) is 0 Å². The Balaban J connectivity index is 0.000000141. The summed E-state index contributed by atoms with van der Waals surface area (Å²) in [7, 11) is 0. The molecule has 0 atom stereocenters. The van der Waals surface area contributed by atoms with Crippen molar-refractivity contribution in [3.63, 3.8) is 0 Å². The second-order valence-electron chi connectivity index (χ2n) is 10.4. The third-order valence-electron chi connectivity index (χ3n) is 7.37. The van der Waals surface area contributed by atoms with Gasteiger partial charge in [0.2, 0.25) is 0 Å². The molecule has 0 bridgehead atoms. The zero-order valence-corrected chi connectivity index (χ0v) is 27.7. The van der Waals surface area contributed by atoms with E-state index in [1.54, 1.807) is 37.2 Å². The molecule has 0 fully saturated rings. The van der Waals surface area contributed by atoms with E-state index in [4.69, 9.17) is 16.4 Å². The van der Waals surface area contributed by atoms with Crippen LogP contribution in [0, 0.1) is 12.3 Å². The van der Waals surface area contributed by atoms with Gasteiger partial charge in [-0.05, 0) is 91.0 Å². The van der Waals surface area contributed by atoms with E-state index in [1.165, 1.54) is 0 Å². The van der Waals surface area contributed by atoms with Crippen molar-refractivity contribution in [1.82, 2.24) is 39.9 Å². The van der Waals surface area contributed by atoms with Gasteiger partial charge >= 0.3 is 0 Å². The van der Waals surface area contributed by atoms with E-state index < -0.39 is 0 Å². The molecule has 2 aromatic carbocycles. The Kier molecular flexibility index (Phi) is 10.3.